The molecule has 0 aliphatic carbocycles. The predicted molar refractivity (Wildman–Crippen MR) is 132 cm³/mol. The summed E-state index contributed by atoms with van der Waals surface area (Å²) in [5, 5.41) is 4.82. The summed E-state index contributed by atoms with van der Waals surface area (Å²) in [7, 11) is 0. The van der Waals surface area contributed by atoms with E-state index in [4.69, 9.17) is 26.1 Å². The first-order valence-corrected chi connectivity index (χ1v) is 11.7. The third kappa shape index (κ3) is 5.66. The number of pyridine rings is 1. The number of benzene rings is 1. The monoisotopic (exact) mass is 470 g/mol. The fourth-order valence-corrected chi connectivity index (χ4v) is 4.14. The quantitative estimate of drug-likeness (QED) is 0.344. The Morgan fingerprint density at radius 3 is 2.67 bits per heavy atom. The zero-order chi connectivity index (χ0) is 23.2. The Labute approximate surface area is 198 Å². The van der Waals surface area contributed by atoms with Crippen molar-refractivity contribution in [2.45, 2.75) is 33.4 Å². The minimum atomic E-state index is -0.157. The first kappa shape index (κ1) is 23.1. The van der Waals surface area contributed by atoms with Crippen LogP contribution in [0.3, 0.4) is 0 Å². The van der Waals surface area contributed by atoms with Crippen LogP contribution in [0.1, 0.15) is 31.6 Å². The molecule has 0 bridgehead atoms. The van der Waals surface area contributed by atoms with E-state index in [0.29, 0.717) is 40.8 Å². The molecule has 3 aromatic rings. The van der Waals surface area contributed by atoms with E-state index in [1.54, 1.807) is 12.3 Å². The van der Waals surface area contributed by atoms with E-state index in [-0.39, 0.29) is 12.4 Å². The van der Waals surface area contributed by atoms with Crippen LogP contribution in [-0.4, -0.2) is 52.9 Å². The van der Waals surface area contributed by atoms with Crippen molar-refractivity contribution >= 4 is 28.2 Å². The van der Waals surface area contributed by atoms with Crippen molar-refractivity contribution in [1.29, 1.82) is 0 Å². The van der Waals surface area contributed by atoms with Crippen molar-refractivity contribution < 1.29 is 13.9 Å². The second kappa shape index (κ2) is 10.7. The van der Waals surface area contributed by atoms with Crippen molar-refractivity contribution in [3.63, 3.8) is 0 Å². The summed E-state index contributed by atoms with van der Waals surface area (Å²) in [6, 6.07) is 9.32. The SMILES string of the molecule is CCN(CC)CCCNC(=S)N(Cc1ccco1)Cc1cc2cc3c(cc2[nH]c1=O)OCO3. The molecular weight excluding hydrogens is 440 g/mol. The summed E-state index contributed by atoms with van der Waals surface area (Å²) in [6.45, 7) is 9.20. The second-order valence-corrected chi connectivity index (χ2v) is 8.35. The molecule has 1 aromatic carbocycles. The van der Waals surface area contributed by atoms with E-state index in [9.17, 15) is 4.79 Å². The molecule has 0 amide bonds. The lowest BCUT2D eigenvalue weighted by molar-refractivity contribution is 0.174. The minimum absolute atomic E-state index is 0.157. The Hall–Kier alpha value is -3.04. The second-order valence-electron chi connectivity index (χ2n) is 7.96. The molecule has 2 N–H and O–H groups in total. The number of rotatable bonds is 10. The van der Waals surface area contributed by atoms with Crippen LogP contribution in [0, 0.1) is 0 Å². The number of thiocarbonyl (C=S) groups is 1. The molecule has 1 aliphatic heterocycles. The smallest absolute Gasteiger partial charge is 0.253 e. The molecule has 3 heterocycles. The van der Waals surface area contributed by atoms with Gasteiger partial charge in [-0.3, -0.25) is 4.79 Å². The zero-order valence-corrected chi connectivity index (χ0v) is 19.9. The van der Waals surface area contributed by atoms with Gasteiger partial charge in [0.05, 0.1) is 24.9 Å². The highest BCUT2D eigenvalue weighted by molar-refractivity contribution is 7.80. The summed E-state index contributed by atoms with van der Waals surface area (Å²) >= 11 is 5.70. The summed E-state index contributed by atoms with van der Waals surface area (Å²) < 4.78 is 16.4. The first-order valence-electron chi connectivity index (χ1n) is 11.3. The minimum Gasteiger partial charge on any atom is -0.467 e. The molecule has 4 rings (SSSR count). The van der Waals surface area contributed by atoms with Gasteiger partial charge in [-0.05, 0) is 62.5 Å². The molecule has 8 nitrogen and oxygen atoms in total. The Bertz CT molecular complexity index is 1140. The fourth-order valence-electron chi connectivity index (χ4n) is 3.90. The molecule has 176 valence electrons. The molecular formula is C24H30N4O4S. The number of fused-ring (bicyclic) bond motifs is 2. The number of nitrogens with one attached hydrogen (secondary N) is 2. The fraction of sp³-hybridized carbons (Fsp3) is 0.417. The van der Waals surface area contributed by atoms with E-state index in [1.807, 2.05) is 29.2 Å². The Kier molecular flexibility index (Phi) is 7.51. The van der Waals surface area contributed by atoms with Crippen LogP contribution in [0.2, 0.25) is 0 Å². The summed E-state index contributed by atoms with van der Waals surface area (Å²) in [5.41, 5.74) is 1.16. The van der Waals surface area contributed by atoms with Crippen molar-refractivity contribution in [3.05, 3.63) is 58.3 Å². The summed E-state index contributed by atoms with van der Waals surface area (Å²) in [4.78, 5) is 20.1. The third-order valence-electron chi connectivity index (χ3n) is 5.81. The lowest BCUT2D eigenvalue weighted by atomic mass is 10.1. The van der Waals surface area contributed by atoms with Gasteiger partial charge in [-0.2, -0.15) is 0 Å². The van der Waals surface area contributed by atoms with E-state index >= 15 is 0 Å². The van der Waals surface area contributed by atoms with Crippen LogP contribution in [-0.2, 0) is 13.1 Å². The molecule has 9 heteroatoms. The maximum Gasteiger partial charge on any atom is 0.253 e. The highest BCUT2D eigenvalue weighted by atomic mass is 32.1. The molecule has 0 radical (unpaired) electrons. The van der Waals surface area contributed by atoms with Crippen LogP contribution in [0.15, 0.2) is 45.8 Å². The number of ether oxygens (including phenoxy) is 2. The molecule has 0 spiro atoms. The van der Waals surface area contributed by atoms with E-state index in [2.05, 4.69) is 29.0 Å². The number of H-pyrrole nitrogens is 1. The van der Waals surface area contributed by atoms with Gasteiger partial charge in [-0.25, -0.2) is 0 Å². The van der Waals surface area contributed by atoms with E-state index in [1.165, 1.54) is 0 Å². The molecule has 0 unspecified atom stereocenters. The van der Waals surface area contributed by atoms with Crippen molar-refractivity contribution in [2.24, 2.45) is 0 Å². The molecule has 2 aromatic heterocycles. The number of nitrogens with zero attached hydrogens (tertiary/aromatic N) is 2. The van der Waals surface area contributed by atoms with Crippen molar-refractivity contribution in [2.75, 3.05) is 33.0 Å². The van der Waals surface area contributed by atoms with Crippen LogP contribution in [0.25, 0.3) is 10.9 Å². The van der Waals surface area contributed by atoms with Gasteiger partial charge in [0, 0.05) is 23.6 Å². The maximum absolute atomic E-state index is 12.8. The first-order chi connectivity index (χ1) is 16.1. The lowest BCUT2D eigenvalue weighted by Gasteiger charge is -2.25. The van der Waals surface area contributed by atoms with Crippen LogP contribution in [0.4, 0.5) is 0 Å². The average molecular weight is 471 g/mol. The molecule has 0 saturated carbocycles. The number of hydrogen-bond donors (Lipinski definition) is 2. The van der Waals surface area contributed by atoms with Crippen LogP contribution < -0.4 is 20.3 Å². The van der Waals surface area contributed by atoms with Gasteiger partial charge in [-0.15, -0.1) is 0 Å². The highest BCUT2D eigenvalue weighted by Crippen LogP contribution is 2.35. The highest BCUT2D eigenvalue weighted by Gasteiger charge is 2.18. The number of aromatic amines is 1. The van der Waals surface area contributed by atoms with E-state index < -0.39 is 0 Å². The largest absolute Gasteiger partial charge is 0.467 e. The molecule has 0 fully saturated rings. The zero-order valence-electron chi connectivity index (χ0n) is 19.1. The number of hydrogen-bond acceptors (Lipinski definition) is 6. The lowest BCUT2D eigenvalue weighted by Crippen LogP contribution is -2.41. The molecule has 1 aliphatic rings. The number of aromatic nitrogens is 1. The summed E-state index contributed by atoms with van der Waals surface area (Å²) in [6.07, 6.45) is 2.62. The van der Waals surface area contributed by atoms with Gasteiger partial charge >= 0.3 is 0 Å². The van der Waals surface area contributed by atoms with Gasteiger partial charge in [0.15, 0.2) is 16.6 Å². The van der Waals surface area contributed by atoms with Crippen molar-refractivity contribution in [1.82, 2.24) is 20.1 Å². The third-order valence-corrected chi connectivity index (χ3v) is 6.21. The Morgan fingerprint density at radius 2 is 1.94 bits per heavy atom. The summed E-state index contributed by atoms with van der Waals surface area (Å²) in [5.74, 6) is 2.10. The van der Waals surface area contributed by atoms with Crippen LogP contribution >= 0.6 is 12.2 Å². The predicted octanol–water partition coefficient (Wildman–Crippen LogP) is 3.46. The Balaban J connectivity index is 1.49. The van der Waals surface area contributed by atoms with Gasteiger partial charge in [0.2, 0.25) is 6.79 Å². The van der Waals surface area contributed by atoms with E-state index in [0.717, 1.165) is 43.7 Å². The van der Waals surface area contributed by atoms with Gasteiger partial charge in [0.25, 0.3) is 5.56 Å². The van der Waals surface area contributed by atoms with Gasteiger partial charge < -0.3 is 34.0 Å². The maximum atomic E-state index is 12.8. The standard InChI is InChI=1S/C24H30N4O4S/c1-3-27(4-2)9-6-8-25-24(33)28(15-19-7-5-10-30-19)14-18-11-17-12-21-22(32-16-31-21)13-20(17)26-23(18)29/h5,7,10-13H,3-4,6,8-9,14-16H2,1-2H3,(H,25,33)(H,26,29). The normalized spacial score (nSPS) is 12.5. The number of furan rings is 1. The molecule has 0 saturated heterocycles. The van der Waals surface area contributed by atoms with Crippen LogP contribution in [0.5, 0.6) is 11.5 Å². The van der Waals surface area contributed by atoms with Gasteiger partial charge in [0.1, 0.15) is 5.76 Å². The topological polar surface area (TPSA) is 83.0 Å². The van der Waals surface area contributed by atoms with Crippen molar-refractivity contribution in [3.8, 4) is 11.5 Å². The Morgan fingerprint density at radius 1 is 1.15 bits per heavy atom. The molecule has 0 atom stereocenters. The van der Waals surface area contributed by atoms with Gasteiger partial charge in [-0.1, -0.05) is 13.8 Å². The average Bonchev–Trinajstić information content (AvgIpc) is 3.49. The molecule has 33 heavy (non-hydrogen) atoms.